The smallest absolute Gasteiger partial charge is 0.217 e. The Morgan fingerprint density at radius 3 is 3.24 bits per heavy atom. The summed E-state index contributed by atoms with van der Waals surface area (Å²) in [5, 5.41) is 12.0. The number of hydrogen-bond donors (Lipinski definition) is 1. The Morgan fingerprint density at radius 2 is 2.47 bits per heavy atom. The Labute approximate surface area is 101 Å². The van der Waals surface area contributed by atoms with Crippen LogP contribution in [0.4, 0.5) is 5.69 Å². The van der Waals surface area contributed by atoms with Crippen LogP contribution in [0.3, 0.4) is 0 Å². The largest absolute Gasteiger partial charge is 0.461 e. The fourth-order valence-corrected chi connectivity index (χ4v) is 1.67. The summed E-state index contributed by atoms with van der Waals surface area (Å²) in [5.41, 5.74) is 1.49. The molecule has 1 unspecified atom stereocenters. The third kappa shape index (κ3) is 2.89. The number of nitrogens with zero attached hydrogens (tertiary/aromatic N) is 1. The minimum atomic E-state index is -0.234. The second-order valence-corrected chi connectivity index (χ2v) is 3.98. The minimum Gasteiger partial charge on any atom is -0.461 e. The molecule has 2 rings (SSSR count). The number of ether oxygens (including phenoxy) is 2. The molecule has 0 fully saturated rings. The van der Waals surface area contributed by atoms with Gasteiger partial charge in [-0.05, 0) is 24.6 Å². The van der Waals surface area contributed by atoms with E-state index in [2.05, 4.69) is 18.3 Å². The predicted molar refractivity (Wildman–Crippen MR) is 64.9 cm³/mol. The Hall–Kier alpha value is -1.73. The molecule has 1 N–H and O–H groups in total. The van der Waals surface area contributed by atoms with Crippen LogP contribution in [-0.2, 0) is 4.74 Å². The van der Waals surface area contributed by atoms with Gasteiger partial charge in [-0.3, -0.25) is 0 Å². The lowest BCUT2D eigenvalue weighted by Crippen LogP contribution is -2.33. The van der Waals surface area contributed by atoms with E-state index >= 15 is 0 Å². The SMILES string of the molecule is CCCCOC1CNc2cc(C#N)ccc2O1. The van der Waals surface area contributed by atoms with Crippen molar-refractivity contribution in [2.75, 3.05) is 18.5 Å². The fourth-order valence-electron chi connectivity index (χ4n) is 1.67. The number of fused-ring (bicyclic) bond motifs is 1. The molecule has 4 heteroatoms. The van der Waals surface area contributed by atoms with Gasteiger partial charge in [-0.1, -0.05) is 13.3 Å². The summed E-state index contributed by atoms with van der Waals surface area (Å²) < 4.78 is 11.3. The zero-order valence-corrected chi connectivity index (χ0v) is 9.90. The first-order valence-corrected chi connectivity index (χ1v) is 5.89. The number of hydrogen-bond acceptors (Lipinski definition) is 4. The molecule has 0 aliphatic carbocycles. The first-order chi connectivity index (χ1) is 8.33. The molecule has 90 valence electrons. The van der Waals surface area contributed by atoms with Gasteiger partial charge >= 0.3 is 0 Å². The highest BCUT2D eigenvalue weighted by atomic mass is 16.7. The second kappa shape index (κ2) is 5.55. The van der Waals surface area contributed by atoms with E-state index in [-0.39, 0.29) is 6.29 Å². The highest BCUT2D eigenvalue weighted by Gasteiger charge is 2.19. The summed E-state index contributed by atoms with van der Waals surface area (Å²) in [7, 11) is 0. The molecule has 0 amide bonds. The maximum absolute atomic E-state index is 8.79. The highest BCUT2D eigenvalue weighted by Crippen LogP contribution is 2.29. The maximum atomic E-state index is 8.79. The van der Waals surface area contributed by atoms with Crippen molar-refractivity contribution in [3.63, 3.8) is 0 Å². The van der Waals surface area contributed by atoms with Crippen LogP contribution in [0.2, 0.25) is 0 Å². The number of unbranched alkanes of at least 4 members (excludes halogenated alkanes) is 1. The molecule has 0 radical (unpaired) electrons. The lowest BCUT2D eigenvalue weighted by molar-refractivity contribution is -0.0744. The maximum Gasteiger partial charge on any atom is 0.217 e. The van der Waals surface area contributed by atoms with Crippen molar-refractivity contribution in [1.82, 2.24) is 0 Å². The zero-order chi connectivity index (χ0) is 12.1. The van der Waals surface area contributed by atoms with Crippen LogP contribution in [0.25, 0.3) is 0 Å². The molecule has 0 saturated carbocycles. The number of nitrogens with one attached hydrogen (secondary N) is 1. The predicted octanol–water partition coefficient (Wildman–Crippen LogP) is 2.51. The van der Waals surface area contributed by atoms with Gasteiger partial charge in [-0.25, -0.2) is 0 Å². The molecule has 17 heavy (non-hydrogen) atoms. The summed E-state index contributed by atoms with van der Waals surface area (Å²) >= 11 is 0. The Bertz CT molecular complexity index is 426. The lowest BCUT2D eigenvalue weighted by atomic mass is 10.2. The topological polar surface area (TPSA) is 54.3 Å². The van der Waals surface area contributed by atoms with Crippen molar-refractivity contribution in [3.05, 3.63) is 23.8 Å². The molecular weight excluding hydrogens is 216 g/mol. The Kier molecular flexibility index (Phi) is 3.84. The molecule has 1 aromatic carbocycles. The van der Waals surface area contributed by atoms with E-state index < -0.39 is 0 Å². The van der Waals surface area contributed by atoms with Crippen LogP contribution in [0.15, 0.2) is 18.2 Å². The first kappa shape index (κ1) is 11.7. The zero-order valence-electron chi connectivity index (χ0n) is 9.90. The van der Waals surface area contributed by atoms with Gasteiger partial charge in [0.2, 0.25) is 6.29 Å². The molecular formula is C13H16N2O2. The van der Waals surface area contributed by atoms with E-state index in [0.717, 1.165) is 24.3 Å². The van der Waals surface area contributed by atoms with E-state index in [1.807, 2.05) is 0 Å². The quantitative estimate of drug-likeness (QED) is 0.810. The van der Waals surface area contributed by atoms with Crippen molar-refractivity contribution < 1.29 is 9.47 Å². The Morgan fingerprint density at radius 1 is 1.59 bits per heavy atom. The van der Waals surface area contributed by atoms with Crippen molar-refractivity contribution in [3.8, 4) is 11.8 Å². The number of nitriles is 1. The molecule has 1 atom stereocenters. The number of benzene rings is 1. The number of rotatable bonds is 4. The van der Waals surface area contributed by atoms with Gasteiger partial charge < -0.3 is 14.8 Å². The third-order valence-electron chi connectivity index (χ3n) is 2.63. The van der Waals surface area contributed by atoms with E-state index in [1.54, 1.807) is 18.2 Å². The molecule has 0 saturated heterocycles. The van der Waals surface area contributed by atoms with Gasteiger partial charge in [0.15, 0.2) is 0 Å². The van der Waals surface area contributed by atoms with Crippen LogP contribution in [0.5, 0.6) is 5.75 Å². The molecule has 1 aromatic rings. The normalized spacial score (nSPS) is 17.5. The number of anilines is 1. The van der Waals surface area contributed by atoms with Gasteiger partial charge in [0.05, 0.1) is 30.5 Å². The van der Waals surface area contributed by atoms with E-state index in [1.165, 1.54) is 0 Å². The molecule has 0 bridgehead atoms. The minimum absolute atomic E-state index is 0.234. The van der Waals surface area contributed by atoms with Crippen molar-refractivity contribution in [1.29, 1.82) is 5.26 Å². The van der Waals surface area contributed by atoms with E-state index in [0.29, 0.717) is 18.7 Å². The van der Waals surface area contributed by atoms with Gasteiger partial charge in [0, 0.05) is 0 Å². The molecule has 1 aliphatic heterocycles. The van der Waals surface area contributed by atoms with Crippen LogP contribution in [0, 0.1) is 11.3 Å². The van der Waals surface area contributed by atoms with Crippen molar-refractivity contribution >= 4 is 5.69 Å². The van der Waals surface area contributed by atoms with Gasteiger partial charge in [-0.2, -0.15) is 5.26 Å². The fraction of sp³-hybridized carbons (Fsp3) is 0.462. The van der Waals surface area contributed by atoms with Crippen LogP contribution in [-0.4, -0.2) is 19.4 Å². The standard InChI is InChI=1S/C13H16N2O2/c1-2-3-6-16-13-9-15-11-7-10(8-14)4-5-12(11)17-13/h4-5,7,13,15H,2-3,6,9H2,1H3. The summed E-state index contributed by atoms with van der Waals surface area (Å²) in [5.74, 6) is 0.747. The van der Waals surface area contributed by atoms with E-state index in [9.17, 15) is 0 Å². The highest BCUT2D eigenvalue weighted by molar-refractivity contribution is 5.61. The third-order valence-corrected chi connectivity index (χ3v) is 2.63. The Balaban J connectivity index is 1.97. The molecule has 0 aromatic heterocycles. The van der Waals surface area contributed by atoms with Crippen LogP contribution >= 0.6 is 0 Å². The molecule has 4 nitrogen and oxygen atoms in total. The van der Waals surface area contributed by atoms with Crippen LogP contribution < -0.4 is 10.1 Å². The molecule has 1 aliphatic rings. The lowest BCUT2D eigenvalue weighted by Gasteiger charge is -2.27. The molecule has 1 heterocycles. The summed E-state index contributed by atoms with van der Waals surface area (Å²) in [4.78, 5) is 0. The van der Waals surface area contributed by atoms with Crippen molar-refractivity contribution in [2.45, 2.75) is 26.1 Å². The molecule has 0 spiro atoms. The summed E-state index contributed by atoms with van der Waals surface area (Å²) in [6.45, 7) is 3.46. The second-order valence-electron chi connectivity index (χ2n) is 3.98. The van der Waals surface area contributed by atoms with Gasteiger partial charge in [-0.15, -0.1) is 0 Å². The average molecular weight is 232 g/mol. The van der Waals surface area contributed by atoms with Crippen molar-refractivity contribution in [2.24, 2.45) is 0 Å². The summed E-state index contributed by atoms with van der Waals surface area (Å²) in [6.07, 6.45) is 1.92. The van der Waals surface area contributed by atoms with Gasteiger partial charge in [0.1, 0.15) is 5.75 Å². The van der Waals surface area contributed by atoms with E-state index in [4.69, 9.17) is 14.7 Å². The first-order valence-electron chi connectivity index (χ1n) is 5.89. The monoisotopic (exact) mass is 232 g/mol. The average Bonchev–Trinajstić information content (AvgIpc) is 2.38. The van der Waals surface area contributed by atoms with Gasteiger partial charge in [0.25, 0.3) is 0 Å². The summed E-state index contributed by atoms with van der Waals surface area (Å²) in [6, 6.07) is 7.44. The van der Waals surface area contributed by atoms with Crippen LogP contribution in [0.1, 0.15) is 25.3 Å².